The Bertz CT molecular complexity index is 641. The largest absolute Gasteiger partial charge is 0.508 e. The molecule has 0 radical (unpaired) electrons. The Balaban J connectivity index is 2.30. The highest BCUT2D eigenvalue weighted by Gasteiger charge is 2.12. The smallest absolute Gasteiger partial charge is 0.257 e. The minimum Gasteiger partial charge on any atom is -0.508 e. The third-order valence-electron chi connectivity index (χ3n) is 2.64. The summed E-state index contributed by atoms with van der Waals surface area (Å²) in [4.78, 5) is 12.1. The third-order valence-corrected chi connectivity index (χ3v) is 3.21. The molecule has 5 heteroatoms. The van der Waals surface area contributed by atoms with Gasteiger partial charge in [-0.15, -0.1) is 0 Å². The molecule has 0 saturated carbocycles. The van der Waals surface area contributed by atoms with Crippen LogP contribution in [0.15, 0.2) is 36.4 Å². The molecule has 0 atom stereocenters. The maximum absolute atomic E-state index is 12.1. The highest BCUT2D eigenvalue weighted by Crippen LogP contribution is 2.24. The number of aryl methyl sites for hydroxylation is 1. The number of rotatable bonds is 2. The van der Waals surface area contributed by atoms with Crippen molar-refractivity contribution in [3.05, 3.63) is 57.6 Å². The van der Waals surface area contributed by atoms with E-state index < -0.39 is 5.91 Å². The summed E-state index contributed by atoms with van der Waals surface area (Å²) in [5.41, 5.74) is 1.70. The van der Waals surface area contributed by atoms with Crippen molar-refractivity contribution in [2.75, 3.05) is 5.32 Å². The number of hydrogen-bond donors (Lipinski definition) is 2. The van der Waals surface area contributed by atoms with Gasteiger partial charge < -0.3 is 10.4 Å². The Morgan fingerprint density at radius 1 is 1.16 bits per heavy atom. The van der Waals surface area contributed by atoms with Crippen LogP contribution in [0.2, 0.25) is 10.0 Å². The summed E-state index contributed by atoms with van der Waals surface area (Å²) in [6.07, 6.45) is 0. The number of nitrogens with one attached hydrogen (secondary N) is 1. The molecule has 2 rings (SSSR count). The molecule has 2 aromatic rings. The lowest BCUT2D eigenvalue weighted by molar-refractivity contribution is 0.102. The Morgan fingerprint density at radius 3 is 2.63 bits per heavy atom. The fourth-order valence-electron chi connectivity index (χ4n) is 1.61. The van der Waals surface area contributed by atoms with Crippen LogP contribution in [0.5, 0.6) is 5.75 Å². The van der Waals surface area contributed by atoms with Crippen molar-refractivity contribution in [1.29, 1.82) is 0 Å². The van der Waals surface area contributed by atoms with E-state index in [2.05, 4.69) is 5.32 Å². The van der Waals surface area contributed by atoms with Crippen molar-refractivity contribution < 1.29 is 9.90 Å². The average Bonchev–Trinajstić information content (AvgIpc) is 2.36. The summed E-state index contributed by atoms with van der Waals surface area (Å²) in [6, 6.07) is 9.42. The molecular formula is C14H11Cl2NO2. The summed E-state index contributed by atoms with van der Waals surface area (Å²) >= 11 is 11.8. The van der Waals surface area contributed by atoms with Gasteiger partial charge in [-0.2, -0.15) is 0 Å². The maximum Gasteiger partial charge on any atom is 0.257 e. The van der Waals surface area contributed by atoms with Crippen LogP contribution < -0.4 is 5.32 Å². The SMILES string of the molecule is Cc1ccc(Cl)cc1NC(=O)c1cc(O)ccc1Cl. The van der Waals surface area contributed by atoms with Gasteiger partial charge in [-0.25, -0.2) is 0 Å². The van der Waals surface area contributed by atoms with E-state index in [1.165, 1.54) is 18.2 Å². The second kappa shape index (κ2) is 5.51. The molecule has 2 aromatic carbocycles. The van der Waals surface area contributed by atoms with Crippen molar-refractivity contribution in [2.24, 2.45) is 0 Å². The number of halogens is 2. The zero-order chi connectivity index (χ0) is 14.0. The highest BCUT2D eigenvalue weighted by atomic mass is 35.5. The predicted octanol–water partition coefficient (Wildman–Crippen LogP) is 4.26. The zero-order valence-electron chi connectivity index (χ0n) is 10.1. The molecule has 1 amide bonds. The van der Waals surface area contributed by atoms with Crippen LogP contribution in [-0.4, -0.2) is 11.0 Å². The first-order valence-corrected chi connectivity index (χ1v) is 6.29. The van der Waals surface area contributed by atoms with Gasteiger partial charge >= 0.3 is 0 Å². The van der Waals surface area contributed by atoms with Crippen LogP contribution in [0.3, 0.4) is 0 Å². The Labute approximate surface area is 120 Å². The van der Waals surface area contributed by atoms with E-state index in [0.717, 1.165) is 5.56 Å². The van der Waals surface area contributed by atoms with Gasteiger partial charge in [0, 0.05) is 10.7 Å². The van der Waals surface area contributed by atoms with E-state index in [4.69, 9.17) is 23.2 Å². The highest BCUT2D eigenvalue weighted by molar-refractivity contribution is 6.34. The topological polar surface area (TPSA) is 49.3 Å². The molecule has 3 nitrogen and oxygen atoms in total. The number of aromatic hydroxyl groups is 1. The van der Waals surface area contributed by atoms with Gasteiger partial charge in [-0.3, -0.25) is 4.79 Å². The number of hydrogen-bond acceptors (Lipinski definition) is 2. The standard InChI is InChI=1S/C14H11Cl2NO2/c1-8-2-3-9(15)6-13(8)17-14(19)11-7-10(18)4-5-12(11)16/h2-7,18H,1H3,(H,17,19). The second-order valence-electron chi connectivity index (χ2n) is 4.08. The summed E-state index contributed by atoms with van der Waals surface area (Å²) in [5, 5.41) is 12.9. The Morgan fingerprint density at radius 2 is 1.89 bits per heavy atom. The molecule has 2 N–H and O–H groups in total. The molecule has 0 aliphatic carbocycles. The zero-order valence-corrected chi connectivity index (χ0v) is 11.6. The normalized spacial score (nSPS) is 10.3. The molecule has 0 spiro atoms. The molecule has 0 unspecified atom stereocenters. The molecular weight excluding hydrogens is 285 g/mol. The third kappa shape index (κ3) is 3.19. The van der Waals surface area contributed by atoms with E-state index in [-0.39, 0.29) is 16.3 Å². The van der Waals surface area contributed by atoms with E-state index >= 15 is 0 Å². The lowest BCUT2D eigenvalue weighted by atomic mass is 10.1. The average molecular weight is 296 g/mol. The summed E-state index contributed by atoms with van der Waals surface area (Å²) in [7, 11) is 0. The lowest BCUT2D eigenvalue weighted by Crippen LogP contribution is -2.13. The Kier molecular flexibility index (Phi) is 3.98. The van der Waals surface area contributed by atoms with Crippen molar-refractivity contribution in [3.63, 3.8) is 0 Å². The first-order valence-electron chi connectivity index (χ1n) is 5.53. The van der Waals surface area contributed by atoms with Crippen molar-refractivity contribution in [1.82, 2.24) is 0 Å². The van der Waals surface area contributed by atoms with Crippen LogP contribution in [0.25, 0.3) is 0 Å². The number of phenolic OH excluding ortho intramolecular Hbond substituents is 1. The number of anilines is 1. The van der Waals surface area contributed by atoms with Gasteiger partial charge in [-0.1, -0.05) is 29.3 Å². The number of phenols is 1. The monoisotopic (exact) mass is 295 g/mol. The van der Waals surface area contributed by atoms with Crippen LogP contribution in [-0.2, 0) is 0 Å². The van der Waals surface area contributed by atoms with E-state index in [1.54, 1.807) is 12.1 Å². The van der Waals surface area contributed by atoms with E-state index in [9.17, 15) is 9.90 Å². The maximum atomic E-state index is 12.1. The van der Waals surface area contributed by atoms with Gasteiger partial charge in [0.1, 0.15) is 5.75 Å². The quantitative estimate of drug-likeness (QED) is 0.870. The van der Waals surface area contributed by atoms with E-state index in [1.807, 2.05) is 13.0 Å². The molecule has 19 heavy (non-hydrogen) atoms. The molecule has 0 bridgehead atoms. The molecule has 0 aliphatic heterocycles. The summed E-state index contributed by atoms with van der Waals surface area (Å²) in [5.74, 6) is -0.413. The lowest BCUT2D eigenvalue weighted by Gasteiger charge is -2.10. The molecule has 0 fully saturated rings. The number of amides is 1. The van der Waals surface area contributed by atoms with Crippen molar-refractivity contribution in [2.45, 2.75) is 6.92 Å². The Hall–Kier alpha value is -1.71. The number of carbonyl (C=O) groups is 1. The first kappa shape index (κ1) is 13.7. The van der Waals surface area contributed by atoms with Crippen LogP contribution in [0, 0.1) is 6.92 Å². The first-order chi connectivity index (χ1) is 8.97. The molecule has 98 valence electrons. The van der Waals surface area contributed by atoms with Crippen LogP contribution >= 0.6 is 23.2 Å². The van der Waals surface area contributed by atoms with Gasteiger partial charge in [0.25, 0.3) is 5.91 Å². The summed E-state index contributed by atoms with van der Waals surface area (Å²) < 4.78 is 0. The molecule has 0 heterocycles. The fourth-order valence-corrected chi connectivity index (χ4v) is 1.98. The van der Waals surface area contributed by atoms with Gasteiger partial charge in [0.2, 0.25) is 0 Å². The number of carbonyl (C=O) groups excluding carboxylic acids is 1. The van der Waals surface area contributed by atoms with Crippen LogP contribution in [0.1, 0.15) is 15.9 Å². The van der Waals surface area contributed by atoms with E-state index in [0.29, 0.717) is 10.7 Å². The van der Waals surface area contributed by atoms with Crippen molar-refractivity contribution >= 4 is 34.8 Å². The molecule has 0 aromatic heterocycles. The predicted molar refractivity (Wildman–Crippen MR) is 77.3 cm³/mol. The number of benzene rings is 2. The van der Waals surface area contributed by atoms with Gasteiger partial charge in [0.05, 0.1) is 10.6 Å². The summed E-state index contributed by atoms with van der Waals surface area (Å²) in [6.45, 7) is 1.86. The van der Waals surface area contributed by atoms with Gasteiger partial charge in [0.15, 0.2) is 0 Å². The minimum absolute atomic E-state index is 0.0163. The van der Waals surface area contributed by atoms with Crippen LogP contribution in [0.4, 0.5) is 5.69 Å². The second-order valence-corrected chi connectivity index (χ2v) is 4.92. The van der Waals surface area contributed by atoms with Gasteiger partial charge in [-0.05, 0) is 42.8 Å². The van der Waals surface area contributed by atoms with Crippen molar-refractivity contribution in [3.8, 4) is 5.75 Å². The fraction of sp³-hybridized carbons (Fsp3) is 0.0714. The minimum atomic E-state index is -0.397. The molecule has 0 saturated heterocycles. The molecule has 0 aliphatic rings.